The fourth-order valence-electron chi connectivity index (χ4n) is 4.10. The smallest absolute Gasteiger partial charge is 0.306 e. The average molecular weight is 254 g/mol. The fraction of sp³-hybridized carbons (Fsp3) is 0.857. The Bertz CT molecular complexity index is 352. The summed E-state index contributed by atoms with van der Waals surface area (Å²) in [4.78, 5) is 22.4. The van der Waals surface area contributed by atoms with Crippen molar-refractivity contribution in [2.24, 2.45) is 35.5 Å². The zero-order chi connectivity index (χ0) is 13.4. The number of carboxylic acid groups (broad SMARTS) is 2. The molecule has 0 radical (unpaired) electrons. The quantitative estimate of drug-likeness (QED) is 0.794. The maximum atomic E-state index is 11.3. The van der Waals surface area contributed by atoms with Crippen LogP contribution in [0.5, 0.6) is 0 Å². The minimum Gasteiger partial charge on any atom is -0.481 e. The first-order valence-corrected chi connectivity index (χ1v) is 6.87. The van der Waals surface area contributed by atoms with Crippen molar-refractivity contribution in [3.63, 3.8) is 0 Å². The van der Waals surface area contributed by atoms with Crippen LogP contribution in [-0.4, -0.2) is 22.2 Å². The van der Waals surface area contributed by atoms with E-state index < -0.39 is 11.9 Å². The predicted molar refractivity (Wildman–Crippen MR) is 66.0 cm³/mol. The van der Waals surface area contributed by atoms with Crippen molar-refractivity contribution in [3.8, 4) is 0 Å². The van der Waals surface area contributed by atoms with Crippen LogP contribution in [0.1, 0.15) is 39.5 Å². The van der Waals surface area contributed by atoms with Crippen LogP contribution in [0.4, 0.5) is 0 Å². The van der Waals surface area contributed by atoms with E-state index >= 15 is 0 Å². The molecule has 2 rings (SSSR count). The van der Waals surface area contributed by atoms with E-state index in [-0.39, 0.29) is 23.7 Å². The van der Waals surface area contributed by atoms with Gasteiger partial charge in [0, 0.05) is 0 Å². The Kier molecular flexibility index (Phi) is 3.64. The van der Waals surface area contributed by atoms with Crippen LogP contribution >= 0.6 is 0 Å². The van der Waals surface area contributed by atoms with Crippen LogP contribution in [0.2, 0.25) is 0 Å². The summed E-state index contributed by atoms with van der Waals surface area (Å²) in [6, 6.07) is 0. The molecule has 2 aliphatic carbocycles. The molecule has 0 spiro atoms. The summed E-state index contributed by atoms with van der Waals surface area (Å²) in [5.74, 6) is -0.602. The van der Waals surface area contributed by atoms with Gasteiger partial charge in [0.2, 0.25) is 0 Å². The largest absolute Gasteiger partial charge is 0.481 e. The van der Waals surface area contributed by atoms with Gasteiger partial charge < -0.3 is 10.2 Å². The van der Waals surface area contributed by atoms with Gasteiger partial charge in [-0.2, -0.15) is 0 Å². The molecule has 2 fully saturated rings. The minimum absolute atomic E-state index is 0.199. The minimum atomic E-state index is -0.717. The molecule has 0 aromatic heterocycles. The number of carbonyl (C=O) groups is 2. The monoisotopic (exact) mass is 254 g/mol. The molecule has 0 bridgehead atoms. The first-order chi connectivity index (χ1) is 8.41. The molecule has 102 valence electrons. The second-order valence-electron chi connectivity index (χ2n) is 6.17. The van der Waals surface area contributed by atoms with E-state index in [4.69, 9.17) is 5.11 Å². The van der Waals surface area contributed by atoms with Gasteiger partial charge in [0.25, 0.3) is 0 Å². The number of hydrogen-bond acceptors (Lipinski definition) is 2. The van der Waals surface area contributed by atoms with Gasteiger partial charge >= 0.3 is 11.9 Å². The summed E-state index contributed by atoms with van der Waals surface area (Å²) < 4.78 is 0. The van der Waals surface area contributed by atoms with Gasteiger partial charge in [0.05, 0.1) is 11.8 Å². The maximum Gasteiger partial charge on any atom is 0.306 e. The molecule has 0 amide bonds. The zero-order valence-corrected chi connectivity index (χ0v) is 11.0. The summed E-state index contributed by atoms with van der Waals surface area (Å²) in [6.07, 6.45) is 3.03. The van der Waals surface area contributed by atoms with Crippen molar-refractivity contribution >= 4 is 11.9 Å². The average Bonchev–Trinajstić information content (AvgIpc) is 2.32. The lowest BCUT2D eigenvalue weighted by Crippen LogP contribution is -2.44. The SMILES string of the molecule is CC1C(C(=O)O)CC2CC(C(=O)O)CCC2C1C. The van der Waals surface area contributed by atoms with E-state index in [1.165, 1.54) is 0 Å². The van der Waals surface area contributed by atoms with E-state index in [0.717, 1.165) is 12.8 Å². The Morgan fingerprint density at radius 1 is 0.944 bits per heavy atom. The number of hydrogen-bond donors (Lipinski definition) is 2. The highest BCUT2D eigenvalue weighted by Crippen LogP contribution is 2.49. The summed E-state index contributed by atoms with van der Waals surface area (Å²) >= 11 is 0. The van der Waals surface area contributed by atoms with E-state index in [1.54, 1.807) is 0 Å². The Hall–Kier alpha value is -1.06. The normalized spacial score (nSPS) is 44.1. The lowest BCUT2D eigenvalue weighted by atomic mass is 9.57. The molecule has 2 N–H and O–H groups in total. The van der Waals surface area contributed by atoms with Crippen LogP contribution in [0.25, 0.3) is 0 Å². The molecular formula is C14H22O4. The second-order valence-corrected chi connectivity index (χ2v) is 6.17. The van der Waals surface area contributed by atoms with Crippen molar-refractivity contribution in [2.75, 3.05) is 0 Å². The number of carboxylic acids is 2. The molecule has 0 aromatic carbocycles. The van der Waals surface area contributed by atoms with Crippen LogP contribution in [-0.2, 0) is 9.59 Å². The third-order valence-corrected chi connectivity index (χ3v) is 5.40. The highest BCUT2D eigenvalue weighted by molar-refractivity contribution is 5.71. The molecule has 0 heterocycles. The molecule has 4 nitrogen and oxygen atoms in total. The van der Waals surface area contributed by atoms with E-state index in [9.17, 15) is 14.7 Å². The first-order valence-electron chi connectivity index (χ1n) is 6.87. The van der Waals surface area contributed by atoms with Gasteiger partial charge in [0.1, 0.15) is 0 Å². The lowest BCUT2D eigenvalue weighted by molar-refractivity contribution is -0.150. The van der Waals surface area contributed by atoms with Gasteiger partial charge in [-0.3, -0.25) is 9.59 Å². The predicted octanol–water partition coefficient (Wildman–Crippen LogP) is 2.48. The molecule has 0 aromatic rings. The number of rotatable bonds is 2. The maximum absolute atomic E-state index is 11.3. The summed E-state index contributed by atoms with van der Waals surface area (Å²) in [5, 5.41) is 18.4. The summed E-state index contributed by atoms with van der Waals surface area (Å²) in [5.41, 5.74) is 0. The molecule has 2 aliphatic rings. The molecule has 4 heteroatoms. The zero-order valence-electron chi connectivity index (χ0n) is 11.0. The summed E-state index contributed by atoms with van der Waals surface area (Å²) in [6.45, 7) is 4.17. The van der Waals surface area contributed by atoms with Gasteiger partial charge in [-0.15, -0.1) is 0 Å². The van der Waals surface area contributed by atoms with Crippen LogP contribution in [0.15, 0.2) is 0 Å². The van der Waals surface area contributed by atoms with E-state index in [1.807, 2.05) is 6.92 Å². The van der Waals surface area contributed by atoms with Gasteiger partial charge in [-0.05, 0) is 49.4 Å². The first kappa shape index (κ1) is 13.4. The van der Waals surface area contributed by atoms with Crippen molar-refractivity contribution in [3.05, 3.63) is 0 Å². The van der Waals surface area contributed by atoms with Crippen molar-refractivity contribution < 1.29 is 19.8 Å². The highest BCUT2D eigenvalue weighted by atomic mass is 16.4. The molecule has 2 saturated carbocycles. The van der Waals surface area contributed by atoms with Crippen LogP contribution in [0, 0.1) is 35.5 Å². The lowest BCUT2D eigenvalue weighted by Gasteiger charge is -2.47. The molecule has 6 unspecified atom stereocenters. The molecule has 0 saturated heterocycles. The Morgan fingerprint density at radius 2 is 1.61 bits per heavy atom. The highest BCUT2D eigenvalue weighted by Gasteiger charge is 2.46. The third kappa shape index (κ3) is 2.25. The molecule has 6 atom stereocenters. The van der Waals surface area contributed by atoms with Crippen molar-refractivity contribution in [1.82, 2.24) is 0 Å². The van der Waals surface area contributed by atoms with Crippen LogP contribution in [0.3, 0.4) is 0 Å². The topological polar surface area (TPSA) is 74.6 Å². The van der Waals surface area contributed by atoms with Crippen LogP contribution < -0.4 is 0 Å². The van der Waals surface area contributed by atoms with Crippen molar-refractivity contribution in [1.29, 1.82) is 0 Å². The van der Waals surface area contributed by atoms with Gasteiger partial charge in [0.15, 0.2) is 0 Å². The third-order valence-electron chi connectivity index (χ3n) is 5.40. The molecule has 18 heavy (non-hydrogen) atoms. The van der Waals surface area contributed by atoms with Crippen molar-refractivity contribution in [2.45, 2.75) is 39.5 Å². The summed E-state index contributed by atoms with van der Waals surface area (Å²) in [7, 11) is 0. The van der Waals surface area contributed by atoms with E-state index in [0.29, 0.717) is 24.7 Å². The Balaban J connectivity index is 2.13. The Labute approximate surface area is 107 Å². The number of fused-ring (bicyclic) bond motifs is 1. The van der Waals surface area contributed by atoms with Gasteiger partial charge in [-0.1, -0.05) is 13.8 Å². The Morgan fingerprint density at radius 3 is 2.17 bits per heavy atom. The molecular weight excluding hydrogens is 232 g/mol. The fourth-order valence-corrected chi connectivity index (χ4v) is 4.10. The number of aliphatic carboxylic acids is 2. The van der Waals surface area contributed by atoms with Gasteiger partial charge in [-0.25, -0.2) is 0 Å². The standard InChI is InChI=1S/C14H22O4/c1-7-8(2)12(14(17)18)6-10-5-9(13(15)16)3-4-11(7)10/h7-12H,3-6H2,1-2H3,(H,15,16)(H,17,18). The molecule has 0 aliphatic heterocycles. The second kappa shape index (κ2) is 4.90. The van der Waals surface area contributed by atoms with E-state index in [2.05, 4.69) is 6.92 Å².